The number of hydrogen-bond donors (Lipinski definition) is 2. The Kier molecular flexibility index (Phi) is 5.78. The maximum absolute atomic E-state index is 14.4. The molecule has 3 aliphatic carbocycles. The Labute approximate surface area is 245 Å². The maximum Gasteiger partial charge on any atom is 0.275 e. The molecule has 2 amide bonds. The number of aromatic nitrogens is 1. The van der Waals surface area contributed by atoms with Crippen molar-refractivity contribution in [2.75, 3.05) is 5.32 Å². The summed E-state index contributed by atoms with van der Waals surface area (Å²) in [5.74, 6) is -1.61. The third-order valence-corrected chi connectivity index (χ3v) is 9.48. The van der Waals surface area contributed by atoms with Crippen LogP contribution in [0.2, 0.25) is 0 Å². The van der Waals surface area contributed by atoms with Gasteiger partial charge in [-0.15, -0.1) is 11.3 Å². The number of carbonyl (C=O) groups is 2. The molecule has 0 saturated carbocycles. The summed E-state index contributed by atoms with van der Waals surface area (Å²) in [4.78, 5) is 44.6. The molecule has 8 nitrogen and oxygen atoms in total. The van der Waals surface area contributed by atoms with Crippen LogP contribution >= 0.6 is 11.3 Å². The topological polar surface area (TPSA) is 114 Å². The van der Waals surface area contributed by atoms with E-state index in [4.69, 9.17) is 4.98 Å². The molecule has 1 atom stereocenters. The number of rotatable bonds is 5. The number of carbonyl (C=O) groups excluding carboxylic acids is 2. The molecular weight excluding hydrogens is 548 g/mol. The van der Waals surface area contributed by atoms with Gasteiger partial charge in [-0.25, -0.2) is 4.98 Å². The van der Waals surface area contributed by atoms with Crippen molar-refractivity contribution in [1.29, 1.82) is 0 Å². The molecule has 2 N–H and O–H groups in total. The zero-order valence-corrected chi connectivity index (χ0v) is 23.7. The summed E-state index contributed by atoms with van der Waals surface area (Å²) in [5.41, 5.74) is 1.90. The molecule has 0 radical (unpaired) electrons. The van der Waals surface area contributed by atoms with Crippen molar-refractivity contribution in [2.24, 2.45) is 0 Å². The maximum atomic E-state index is 14.4. The van der Waals surface area contributed by atoms with Crippen molar-refractivity contribution in [3.05, 3.63) is 128 Å². The molecule has 0 fully saturated rings. The summed E-state index contributed by atoms with van der Waals surface area (Å²) in [6, 6.07) is 26.5. The summed E-state index contributed by atoms with van der Waals surface area (Å²) >= 11 is 1.27. The number of amides is 2. The number of nitrogens with one attached hydrogen (secondary N) is 2. The van der Waals surface area contributed by atoms with Crippen LogP contribution in [0.4, 0.5) is 5.13 Å². The van der Waals surface area contributed by atoms with E-state index in [0.717, 1.165) is 21.9 Å². The van der Waals surface area contributed by atoms with Crippen LogP contribution in [-0.2, 0) is 15.1 Å². The van der Waals surface area contributed by atoms with E-state index in [9.17, 15) is 19.7 Å². The molecule has 208 valence electrons. The van der Waals surface area contributed by atoms with Crippen molar-refractivity contribution >= 4 is 39.1 Å². The van der Waals surface area contributed by atoms with Crippen LogP contribution < -0.4 is 10.6 Å². The quantitative estimate of drug-likeness (QED) is 0.193. The minimum atomic E-state index is -1.71. The van der Waals surface area contributed by atoms with Crippen LogP contribution in [0, 0.1) is 17.0 Å². The van der Waals surface area contributed by atoms with Gasteiger partial charge in [0.15, 0.2) is 5.13 Å². The number of benzene rings is 4. The van der Waals surface area contributed by atoms with Gasteiger partial charge in [0.1, 0.15) is 5.54 Å². The van der Waals surface area contributed by atoms with Gasteiger partial charge >= 0.3 is 0 Å². The molecule has 1 unspecified atom stereocenters. The Morgan fingerprint density at radius 2 is 1.55 bits per heavy atom. The molecule has 1 heterocycles. The minimum absolute atomic E-state index is 0.224. The molecular formula is C33H26N4O4S. The standard InChI is InChI=1S/C33H26N4O4S/c1-19-15-16-23(22-10-4-3-9-21(19)22)28-17-42-31(34-28)35-30(39)32(36-20(2)38)18-33(37(40)41)26-13-7-5-11-24(26)29(32)25-12-6-8-14-27(25)33/h3-17,29H,18H2,1-2H3,(H,36,38)(H,34,35,39). The van der Waals surface area contributed by atoms with Crippen molar-refractivity contribution in [1.82, 2.24) is 10.3 Å². The summed E-state index contributed by atoms with van der Waals surface area (Å²) in [6.07, 6.45) is -0.224. The second-order valence-electron chi connectivity index (χ2n) is 11.0. The predicted octanol–water partition coefficient (Wildman–Crippen LogP) is 6.15. The van der Waals surface area contributed by atoms with E-state index in [0.29, 0.717) is 33.1 Å². The Bertz CT molecular complexity index is 1900. The molecule has 0 saturated heterocycles. The van der Waals surface area contributed by atoms with Gasteiger partial charge in [-0.3, -0.25) is 25.0 Å². The van der Waals surface area contributed by atoms with E-state index in [2.05, 4.69) is 23.6 Å². The highest BCUT2D eigenvalue weighted by atomic mass is 32.1. The summed E-state index contributed by atoms with van der Waals surface area (Å²) < 4.78 is 0. The average molecular weight is 575 g/mol. The first-order valence-electron chi connectivity index (χ1n) is 13.6. The fraction of sp³-hybridized carbons (Fsp3) is 0.182. The molecule has 4 aromatic carbocycles. The number of hydrogen-bond acceptors (Lipinski definition) is 6. The first kappa shape index (κ1) is 26.0. The largest absolute Gasteiger partial charge is 0.341 e. The second-order valence-corrected chi connectivity index (χ2v) is 11.9. The van der Waals surface area contributed by atoms with Crippen molar-refractivity contribution < 1.29 is 14.5 Å². The van der Waals surface area contributed by atoms with Crippen LogP contribution in [-0.4, -0.2) is 27.3 Å². The molecule has 9 heteroatoms. The van der Waals surface area contributed by atoms with Gasteiger partial charge in [0.2, 0.25) is 5.91 Å². The monoisotopic (exact) mass is 574 g/mol. The second kappa shape index (κ2) is 9.32. The predicted molar refractivity (Wildman–Crippen MR) is 162 cm³/mol. The Hall–Kier alpha value is -4.89. The fourth-order valence-corrected chi connectivity index (χ4v) is 7.79. The zero-order chi connectivity index (χ0) is 29.2. The van der Waals surface area contributed by atoms with E-state index < -0.39 is 28.8 Å². The van der Waals surface area contributed by atoms with Crippen molar-refractivity contribution in [2.45, 2.75) is 37.3 Å². The average Bonchev–Trinajstić information content (AvgIpc) is 3.45. The highest BCUT2D eigenvalue weighted by molar-refractivity contribution is 7.14. The minimum Gasteiger partial charge on any atom is -0.341 e. The zero-order valence-electron chi connectivity index (χ0n) is 22.9. The van der Waals surface area contributed by atoms with Crippen LogP contribution in [0.15, 0.2) is 90.3 Å². The highest BCUT2D eigenvalue weighted by Crippen LogP contribution is 2.60. The number of nitro groups is 1. The van der Waals surface area contributed by atoms with E-state index in [1.807, 2.05) is 60.0 Å². The third kappa shape index (κ3) is 3.56. The number of thiazole rings is 1. The summed E-state index contributed by atoms with van der Waals surface area (Å²) in [5, 5.41) is 23.3. The van der Waals surface area contributed by atoms with E-state index in [1.54, 1.807) is 24.3 Å². The normalized spacial score (nSPS) is 21.8. The van der Waals surface area contributed by atoms with Gasteiger partial charge in [-0.2, -0.15) is 0 Å². The summed E-state index contributed by atoms with van der Waals surface area (Å²) in [7, 11) is 0. The van der Waals surface area contributed by atoms with E-state index in [-0.39, 0.29) is 11.3 Å². The highest BCUT2D eigenvalue weighted by Gasteiger charge is 2.69. The Balaban J connectivity index is 1.34. The van der Waals surface area contributed by atoms with Gasteiger partial charge in [-0.1, -0.05) is 84.9 Å². The first-order chi connectivity index (χ1) is 20.3. The Morgan fingerprint density at radius 3 is 2.19 bits per heavy atom. The third-order valence-electron chi connectivity index (χ3n) is 8.72. The lowest BCUT2D eigenvalue weighted by atomic mass is 9.52. The molecule has 1 aromatic heterocycles. The number of nitrogens with zero attached hydrogens (tertiary/aromatic N) is 2. The molecule has 5 aromatic rings. The SMILES string of the molecule is CC(=O)NC1(C(=O)Nc2nc(-c3ccc(C)c4ccccc34)cs2)CC2([N+](=O)[O-])c3ccccc3C1c1ccccc12. The van der Waals surface area contributed by atoms with Gasteiger partial charge in [0, 0.05) is 39.8 Å². The van der Waals surface area contributed by atoms with E-state index >= 15 is 0 Å². The number of aryl methyl sites for hydroxylation is 1. The molecule has 8 rings (SSSR count). The lowest BCUT2D eigenvalue weighted by Gasteiger charge is -2.53. The lowest BCUT2D eigenvalue weighted by molar-refractivity contribution is -0.571. The van der Waals surface area contributed by atoms with Gasteiger partial charge < -0.3 is 5.32 Å². The number of anilines is 1. The molecule has 0 spiro atoms. The van der Waals surface area contributed by atoms with Gasteiger partial charge in [-0.05, 0) is 34.4 Å². The molecule has 42 heavy (non-hydrogen) atoms. The summed E-state index contributed by atoms with van der Waals surface area (Å²) in [6.45, 7) is 3.39. The smallest absolute Gasteiger partial charge is 0.275 e. The number of fused-ring (bicyclic) bond motifs is 2. The van der Waals surface area contributed by atoms with Crippen molar-refractivity contribution in [3.63, 3.8) is 0 Å². The van der Waals surface area contributed by atoms with Gasteiger partial charge in [0.05, 0.1) is 12.1 Å². The first-order valence-corrected chi connectivity index (χ1v) is 14.5. The van der Waals surface area contributed by atoms with Crippen LogP contribution in [0.1, 0.15) is 47.1 Å². The molecule has 0 aliphatic heterocycles. The Morgan fingerprint density at radius 1 is 0.929 bits per heavy atom. The van der Waals surface area contributed by atoms with Gasteiger partial charge in [0.25, 0.3) is 11.4 Å². The van der Waals surface area contributed by atoms with Crippen LogP contribution in [0.3, 0.4) is 0 Å². The van der Waals surface area contributed by atoms with E-state index in [1.165, 1.54) is 18.3 Å². The van der Waals surface area contributed by atoms with Crippen molar-refractivity contribution in [3.8, 4) is 11.3 Å². The molecule has 2 bridgehead atoms. The van der Waals surface area contributed by atoms with Crippen LogP contribution in [0.25, 0.3) is 22.0 Å². The van der Waals surface area contributed by atoms with Crippen LogP contribution in [0.5, 0.6) is 0 Å². The molecule has 3 aliphatic rings. The lowest BCUT2D eigenvalue weighted by Crippen LogP contribution is -2.69. The fourth-order valence-electron chi connectivity index (χ4n) is 7.09.